The van der Waals surface area contributed by atoms with Gasteiger partial charge >= 0.3 is 41.9 Å². The van der Waals surface area contributed by atoms with Crippen molar-refractivity contribution in [2.75, 3.05) is 45.3 Å². The standard InChI is InChI=1S/C42H53NO7.C39H59NO7S.C27H43NO5/c1-29-31-24-23-30(17-16-25-42(2)39(50-42)38(31)49-40(29)45)27-47-37(44)22-10-8-6-4-3-5-7-9-15-26-43-41(46)48-28-36-34-20-13-11-18-32(34)33-19-12-14-21-35(33)36;1-27-30-22-21-28(16-15-23-39(2)37(47-39)36(30)46-38(27)44)25-45-35(43)20-12-10-8-6-4-3-5-7-9-11-17-29(41)18-13-14-19-33-31-24-34(42)40-32(31)26-48-33;1-20-22-16-15-21(13-12-17-27(2)25(33-27)24(22)32-26(20)30)19-31-23(29)14-10-8-6-4-3-5-7-9-11-18-28/h11-14,17-21,31,36,38-39H,1,3-10,15-16,22-28H2,2H3,(H,43,46);16,30-33,36-37H,1,3-15,17-26H2,2H3,(H,40,42);13,22,24-25H,1,3-12,14-19,28H2,2H3/b30-17-;28-16-;21-13-/t31-,38-,39-,42+;30-,31-,32-,33-,36-,37-,39+;22-,24-,25-,27+/m000/s1. The minimum atomic E-state index is -0.345. The van der Waals surface area contributed by atoms with Gasteiger partial charge in [-0.25, -0.2) is 19.2 Å². The first-order valence-corrected chi connectivity index (χ1v) is 52.0. The summed E-state index contributed by atoms with van der Waals surface area (Å²) in [5.41, 5.74) is 14.6. The van der Waals surface area contributed by atoms with Crippen molar-refractivity contribution in [1.82, 2.24) is 10.6 Å². The number of hydrogen-bond acceptors (Lipinski definition) is 21. The molecule has 8 saturated heterocycles. The number of Topliss-reactive ketones (excluding diaryl/α,β-unsaturated/α-hetero) is 1. The summed E-state index contributed by atoms with van der Waals surface area (Å²) >= 11 is 2.00. The number of ketones is 1. The van der Waals surface area contributed by atoms with Gasteiger partial charge in [0.2, 0.25) is 5.91 Å². The molecule has 8 aliphatic heterocycles. The van der Waals surface area contributed by atoms with E-state index in [0.717, 1.165) is 222 Å². The molecule has 23 heteroatoms. The zero-order chi connectivity index (χ0) is 92.5. The largest absolute Gasteiger partial charge is 0.461 e. The van der Waals surface area contributed by atoms with Gasteiger partial charge in [-0.2, -0.15) is 11.8 Å². The number of alkyl carbamates (subject to hydrolysis) is 1. The van der Waals surface area contributed by atoms with Crippen LogP contribution in [0.4, 0.5) is 4.79 Å². The number of epoxide rings is 3. The number of hydrogen-bond donors (Lipinski definition) is 3. The topological polar surface area (TPSA) is 306 Å². The van der Waals surface area contributed by atoms with Gasteiger partial charge in [-0.15, -0.1) is 0 Å². The van der Waals surface area contributed by atoms with Gasteiger partial charge in [-0.05, 0) is 195 Å². The van der Waals surface area contributed by atoms with Gasteiger partial charge in [0.05, 0.1) is 16.8 Å². The molecule has 0 bridgehead atoms. The third-order valence-corrected chi connectivity index (χ3v) is 31.4. The molecule has 22 nitrogen and oxygen atoms in total. The molecule has 722 valence electrons. The number of benzene rings is 2. The van der Waals surface area contributed by atoms with Crippen LogP contribution in [0, 0.1) is 23.7 Å². The summed E-state index contributed by atoms with van der Waals surface area (Å²) in [6.07, 6.45) is 53.5. The highest BCUT2D eigenvalue weighted by Crippen LogP contribution is 2.54. The fraction of sp³-hybridized carbons (Fsp3) is 0.694. The van der Waals surface area contributed by atoms with Gasteiger partial charge < -0.3 is 63.7 Å². The van der Waals surface area contributed by atoms with E-state index >= 15 is 0 Å². The fourth-order valence-corrected chi connectivity index (χ4v) is 23.0. The third-order valence-electron chi connectivity index (χ3n) is 29.9. The van der Waals surface area contributed by atoms with Crippen LogP contribution in [0.1, 0.15) is 352 Å². The van der Waals surface area contributed by atoms with Crippen molar-refractivity contribution in [2.24, 2.45) is 29.4 Å². The molecule has 0 aromatic heterocycles. The highest BCUT2D eigenvalue weighted by atomic mass is 32.2. The van der Waals surface area contributed by atoms with E-state index in [4.69, 9.17) is 53.1 Å². The van der Waals surface area contributed by atoms with Gasteiger partial charge in [0.25, 0.3) is 0 Å². The fourth-order valence-electron chi connectivity index (χ4n) is 21.3. The number of fused-ring (bicyclic) bond motifs is 13. The lowest BCUT2D eigenvalue weighted by Crippen LogP contribution is -2.29. The molecule has 0 radical (unpaired) electrons. The molecule has 12 aliphatic rings. The van der Waals surface area contributed by atoms with E-state index in [-0.39, 0.29) is 125 Å². The van der Waals surface area contributed by atoms with Gasteiger partial charge in [-0.3, -0.25) is 24.0 Å². The lowest BCUT2D eigenvalue weighted by Gasteiger charge is -2.20. The first-order chi connectivity index (χ1) is 63.5. The van der Waals surface area contributed by atoms with Crippen molar-refractivity contribution in [1.29, 1.82) is 0 Å². The van der Waals surface area contributed by atoms with Crippen LogP contribution in [0.2, 0.25) is 0 Å². The van der Waals surface area contributed by atoms with Crippen molar-refractivity contribution in [3.8, 4) is 11.1 Å². The molecule has 131 heavy (non-hydrogen) atoms. The van der Waals surface area contributed by atoms with Crippen LogP contribution in [0.3, 0.4) is 0 Å². The Balaban J connectivity index is 0.000000182. The number of nitrogens with one attached hydrogen (secondary N) is 2. The molecular weight excluding hydrogens is 1680 g/mol. The van der Waals surface area contributed by atoms with Crippen LogP contribution in [0.5, 0.6) is 0 Å². The van der Waals surface area contributed by atoms with E-state index in [1.807, 2.05) is 23.9 Å². The minimum absolute atomic E-state index is 0.0258. The number of carbonyl (C=O) groups excluding carboxylic acids is 9. The Labute approximate surface area is 784 Å². The van der Waals surface area contributed by atoms with E-state index in [9.17, 15) is 43.2 Å². The SMILES string of the molecule is C=C1C(=O)O[C@H]2[C@H]1CC/C(COC(=O)CCCCCCCCCCCCC(=O)CCCC[C@@H]1SC[C@@H]3NC(=O)C[C@@H]31)=C/CC[C@@]1(C)O[C@@H]21.C=C1C(=O)O[C@H]2[C@H]1CC/C(COC(=O)CCCCCCCCCCCN)=C/CC[C@@]1(C)O[C@@H]21.C=C1C(=O)O[C@H]2[C@H]1CC/C(COC(=O)CCCCCCCCCCCNC(=O)OCC1c3ccccc3-c3ccccc31)=C/CC[C@@]1(C)O[C@@H]21. The van der Waals surface area contributed by atoms with Crippen molar-refractivity contribution in [3.63, 3.8) is 0 Å². The number of amides is 2. The van der Waals surface area contributed by atoms with Crippen LogP contribution >= 0.6 is 11.8 Å². The summed E-state index contributed by atoms with van der Waals surface area (Å²) in [7, 11) is 0. The van der Waals surface area contributed by atoms with E-state index in [0.29, 0.717) is 105 Å². The molecule has 0 saturated carbocycles. The maximum Gasteiger partial charge on any atom is 0.407 e. The smallest absolute Gasteiger partial charge is 0.407 e. The Morgan fingerprint density at radius 1 is 0.458 bits per heavy atom. The number of nitrogens with two attached hydrogens (primary N) is 1. The zero-order valence-electron chi connectivity index (χ0n) is 79.3. The van der Waals surface area contributed by atoms with Gasteiger partial charge in [0, 0.05) is 108 Å². The Hall–Kier alpha value is -7.70. The first-order valence-electron chi connectivity index (χ1n) is 51.0. The molecule has 14 rings (SSSR count). The van der Waals surface area contributed by atoms with Crippen LogP contribution in [-0.2, 0) is 85.7 Å². The van der Waals surface area contributed by atoms with Gasteiger partial charge in [0.1, 0.15) is 68.8 Å². The number of carbonyl (C=O) groups is 9. The summed E-state index contributed by atoms with van der Waals surface area (Å²) in [5, 5.41) is 6.60. The van der Waals surface area contributed by atoms with Crippen molar-refractivity contribution in [3.05, 3.63) is 131 Å². The highest BCUT2D eigenvalue weighted by molar-refractivity contribution is 8.00. The van der Waals surface area contributed by atoms with Crippen molar-refractivity contribution in [2.45, 2.75) is 406 Å². The molecule has 0 unspecified atom stereocenters. The third kappa shape index (κ3) is 30.9. The van der Waals surface area contributed by atoms with Crippen LogP contribution in [0.25, 0.3) is 11.1 Å². The second-order valence-corrected chi connectivity index (χ2v) is 41.3. The molecule has 2 aromatic rings. The lowest BCUT2D eigenvalue weighted by molar-refractivity contribution is -0.143. The summed E-state index contributed by atoms with van der Waals surface area (Å²) in [5.74, 6) is 0.840. The van der Waals surface area contributed by atoms with Crippen LogP contribution < -0.4 is 16.4 Å². The number of esters is 6. The number of thioether (sulfide) groups is 1. The summed E-state index contributed by atoms with van der Waals surface area (Å²) in [6, 6.07) is 17.1. The lowest BCUT2D eigenvalue weighted by atomic mass is 9.84. The minimum Gasteiger partial charge on any atom is -0.461 e. The molecular formula is C108H155N3O19S. The Morgan fingerprint density at radius 3 is 1.20 bits per heavy atom. The van der Waals surface area contributed by atoms with Crippen LogP contribution in [0.15, 0.2) is 120 Å². The van der Waals surface area contributed by atoms with E-state index in [2.05, 4.69) is 106 Å². The molecule has 4 aliphatic carbocycles. The number of unbranched alkanes of at least 4 members (excludes halogenated alkanes) is 26. The predicted octanol–water partition coefficient (Wildman–Crippen LogP) is 21.6. The second-order valence-electron chi connectivity index (χ2n) is 40.0. The molecule has 0 spiro atoms. The molecule has 2 aromatic carbocycles. The number of rotatable bonds is 49. The summed E-state index contributed by atoms with van der Waals surface area (Å²) < 4.78 is 57.2. The second kappa shape index (κ2) is 51.8. The van der Waals surface area contributed by atoms with Gasteiger partial charge in [0.15, 0.2) is 0 Å². The average Bonchev–Trinajstić information content (AvgIpc) is 1.60. The molecule has 2 amide bonds. The Kier molecular flexibility index (Phi) is 40.5. The molecule has 15 atom stereocenters. The van der Waals surface area contributed by atoms with Gasteiger partial charge in [-0.1, -0.05) is 234 Å². The highest BCUT2D eigenvalue weighted by Gasteiger charge is 2.64. The normalized spacial score (nSPS) is 28.9. The molecule has 8 fully saturated rings. The van der Waals surface area contributed by atoms with Crippen molar-refractivity contribution >= 4 is 65.4 Å². The maximum atomic E-state index is 12.5. The van der Waals surface area contributed by atoms with E-state index in [1.165, 1.54) is 112 Å². The monoisotopic (exact) mass is 1830 g/mol. The maximum absolute atomic E-state index is 12.5. The molecule has 8 heterocycles. The number of allylic oxidation sites excluding steroid dienone is 3. The zero-order valence-corrected chi connectivity index (χ0v) is 80.1. The molecule has 4 N–H and O–H groups in total. The summed E-state index contributed by atoms with van der Waals surface area (Å²) in [6.45, 7) is 20.9. The van der Waals surface area contributed by atoms with Crippen molar-refractivity contribution < 1.29 is 90.5 Å². The summed E-state index contributed by atoms with van der Waals surface area (Å²) in [4.78, 5) is 110. The first kappa shape index (κ1) is 102. The van der Waals surface area contributed by atoms with E-state index < -0.39 is 0 Å². The average molecular weight is 1830 g/mol. The van der Waals surface area contributed by atoms with E-state index in [1.54, 1.807) is 0 Å². The Morgan fingerprint density at radius 2 is 0.809 bits per heavy atom. The number of ether oxygens (including phenoxy) is 10. The predicted molar refractivity (Wildman–Crippen MR) is 510 cm³/mol. The quantitative estimate of drug-likeness (QED) is 0.0138. The van der Waals surface area contributed by atoms with Crippen LogP contribution in [-0.4, -0.2) is 164 Å². The Bertz CT molecular complexity index is 4240.